The number of nitrogens with one attached hydrogen (secondary N) is 1. The molecular formula is C26H26FN5OS. The summed E-state index contributed by atoms with van der Waals surface area (Å²) in [6.45, 7) is 5.01. The number of rotatable bonds is 7. The van der Waals surface area contributed by atoms with Gasteiger partial charge in [-0.3, -0.25) is 9.69 Å². The number of anilines is 1. The number of halogens is 1. The molecule has 6 nitrogen and oxygen atoms in total. The molecule has 174 valence electrons. The number of piperazine rings is 1. The average Bonchev–Trinajstić information content (AvgIpc) is 3.34. The second kappa shape index (κ2) is 10.3. The van der Waals surface area contributed by atoms with Gasteiger partial charge in [-0.2, -0.15) is 4.37 Å². The third-order valence-corrected chi connectivity index (χ3v) is 6.94. The Morgan fingerprint density at radius 1 is 0.971 bits per heavy atom. The van der Waals surface area contributed by atoms with Crippen LogP contribution >= 0.6 is 11.5 Å². The number of nitrogens with zero attached hydrogens (tertiary/aromatic N) is 4. The van der Waals surface area contributed by atoms with Crippen LogP contribution in [0.15, 0.2) is 66.7 Å². The Morgan fingerprint density at radius 2 is 1.74 bits per heavy atom. The maximum absolute atomic E-state index is 13.1. The van der Waals surface area contributed by atoms with Gasteiger partial charge in [-0.15, -0.1) is 0 Å². The molecule has 1 aliphatic heterocycles. The first-order chi connectivity index (χ1) is 16.7. The molecule has 0 bridgehead atoms. The van der Waals surface area contributed by atoms with Crippen LogP contribution in [-0.2, 0) is 6.42 Å². The van der Waals surface area contributed by atoms with Crippen LogP contribution in [0.3, 0.4) is 0 Å². The van der Waals surface area contributed by atoms with Crippen LogP contribution in [0.5, 0.6) is 0 Å². The van der Waals surface area contributed by atoms with Crippen LogP contribution in [0.2, 0.25) is 0 Å². The predicted molar refractivity (Wildman–Crippen MR) is 134 cm³/mol. The van der Waals surface area contributed by atoms with E-state index in [9.17, 15) is 9.18 Å². The maximum atomic E-state index is 13.1. The van der Waals surface area contributed by atoms with Crippen molar-refractivity contribution in [3.05, 3.63) is 89.5 Å². The molecule has 0 saturated carbocycles. The van der Waals surface area contributed by atoms with Crippen LogP contribution in [0.4, 0.5) is 9.52 Å². The van der Waals surface area contributed by atoms with Crippen molar-refractivity contribution >= 4 is 33.3 Å². The van der Waals surface area contributed by atoms with Crippen molar-refractivity contribution in [3.63, 3.8) is 0 Å². The Hall–Kier alpha value is -3.36. The number of hydrogen-bond donors (Lipinski definition) is 1. The van der Waals surface area contributed by atoms with Gasteiger partial charge in [0.25, 0.3) is 5.91 Å². The lowest BCUT2D eigenvalue weighted by Crippen LogP contribution is -2.48. The topological polar surface area (TPSA) is 61.4 Å². The van der Waals surface area contributed by atoms with Crippen LogP contribution in [-0.4, -0.2) is 59.4 Å². The van der Waals surface area contributed by atoms with E-state index in [2.05, 4.69) is 24.5 Å². The number of carbonyl (C=O) groups is 1. The summed E-state index contributed by atoms with van der Waals surface area (Å²) in [5, 5.41) is 6.06. The van der Waals surface area contributed by atoms with Crippen LogP contribution in [0.25, 0.3) is 10.8 Å². The Morgan fingerprint density at radius 3 is 2.56 bits per heavy atom. The quantitative estimate of drug-likeness (QED) is 0.438. The number of fused-ring (bicyclic) bond motifs is 1. The molecule has 4 aromatic rings. The van der Waals surface area contributed by atoms with E-state index in [0.717, 1.165) is 65.6 Å². The lowest BCUT2D eigenvalue weighted by Gasteiger charge is -2.34. The van der Waals surface area contributed by atoms with E-state index in [4.69, 9.17) is 0 Å². The Balaban J connectivity index is 1.08. The van der Waals surface area contributed by atoms with E-state index in [-0.39, 0.29) is 11.7 Å². The number of hydrogen-bond acceptors (Lipinski definition) is 6. The standard InChI is InChI=1S/C26H26FN5OS/c27-21-10-8-19(9-11-21)18-24-29-26(34-30-24)32-16-14-31(15-17-32)13-12-28-25(33)23-7-3-5-20-4-1-2-6-22(20)23/h1-11H,12-18H2,(H,28,33). The molecule has 8 heteroatoms. The fourth-order valence-corrected chi connectivity index (χ4v) is 4.98. The largest absolute Gasteiger partial charge is 0.351 e. The normalized spacial score (nSPS) is 14.4. The minimum Gasteiger partial charge on any atom is -0.351 e. The van der Waals surface area contributed by atoms with Crippen molar-refractivity contribution in [2.75, 3.05) is 44.2 Å². The predicted octanol–water partition coefficient (Wildman–Crippen LogP) is 3.97. The highest BCUT2D eigenvalue weighted by Gasteiger charge is 2.20. The molecule has 5 rings (SSSR count). The zero-order valence-electron chi connectivity index (χ0n) is 18.8. The van der Waals surface area contributed by atoms with Crippen LogP contribution in [0, 0.1) is 5.82 Å². The molecule has 2 heterocycles. The number of benzene rings is 3. The average molecular weight is 476 g/mol. The summed E-state index contributed by atoms with van der Waals surface area (Å²) in [5.41, 5.74) is 1.72. The van der Waals surface area contributed by atoms with Crippen molar-refractivity contribution in [3.8, 4) is 0 Å². The summed E-state index contributed by atoms with van der Waals surface area (Å²) in [5.74, 6) is 0.504. The molecule has 34 heavy (non-hydrogen) atoms. The number of carbonyl (C=O) groups excluding carboxylic acids is 1. The van der Waals surface area contributed by atoms with E-state index in [1.807, 2.05) is 42.5 Å². The monoisotopic (exact) mass is 475 g/mol. The molecule has 0 radical (unpaired) electrons. The van der Waals surface area contributed by atoms with Gasteiger partial charge in [0.15, 0.2) is 0 Å². The fourth-order valence-electron chi connectivity index (χ4n) is 4.24. The van der Waals surface area contributed by atoms with Crippen LogP contribution < -0.4 is 10.2 Å². The van der Waals surface area contributed by atoms with Gasteiger partial charge in [0, 0.05) is 62.8 Å². The highest BCUT2D eigenvalue weighted by atomic mass is 32.1. The fraction of sp³-hybridized carbons (Fsp3) is 0.269. The first kappa shape index (κ1) is 22.4. The molecule has 0 atom stereocenters. The van der Waals surface area contributed by atoms with E-state index < -0.39 is 0 Å². The van der Waals surface area contributed by atoms with Gasteiger partial charge in [0.1, 0.15) is 11.6 Å². The molecule has 1 fully saturated rings. The van der Waals surface area contributed by atoms with Gasteiger partial charge in [-0.05, 0) is 34.5 Å². The lowest BCUT2D eigenvalue weighted by molar-refractivity contribution is 0.0949. The lowest BCUT2D eigenvalue weighted by atomic mass is 10.0. The van der Waals surface area contributed by atoms with Crippen molar-refractivity contribution < 1.29 is 9.18 Å². The van der Waals surface area contributed by atoms with Crippen molar-refractivity contribution in [1.29, 1.82) is 0 Å². The second-order valence-electron chi connectivity index (χ2n) is 8.41. The summed E-state index contributed by atoms with van der Waals surface area (Å²) in [6.07, 6.45) is 0.604. The van der Waals surface area contributed by atoms with Crippen LogP contribution in [0.1, 0.15) is 21.7 Å². The minimum atomic E-state index is -0.235. The van der Waals surface area contributed by atoms with E-state index in [1.165, 1.54) is 23.7 Å². The molecule has 0 unspecified atom stereocenters. The maximum Gasteiger partial charge on any atom is 0.251 e. The van der Waals surface area contributed by atoms with E-state index >= 15 is 0 Å². The smallest absolute Gasteiger partial charge is 0.251 e. The minimum absolute atomic E-state index is 0.0296. The van der Waals surface area contributed by atoms with Gasteiger partial charge in [0.2, 0.25) is 5.13 Å². The highest BCUT2D eigenvalue weighted by Crippen LogP contribution is 2.21. The Kier molecular flexibility index (Phi) is 6.78. The molecule has 1 saturated heterocycles. The van der Waals surface area contributed by atoms with Crippen molar-refractivity contribution in [2.24, 2.45) is 0 Å². The SMILES string of the molecule is O=C(NCCN1CCN(c2nc(Cc3ccc(F)cc3)ns2)CC1)c1cccc2ccccc12. The summed E-state index contributed by atoms with van der Waals surface area (Å²) < 4.78 is 17.6. The van der Waals surface area contributed by atoms with Gasteiger partial charge in [0.05, 0.1) is 0 Å². The molecule has 1 aromatic heterocycles. The molecule has 1 amide bonds. The summed E-state index contributed by atoms with van der Waals surface area (Å²) >= 11 is 1.42. The van der Waals surface area contributed by atoms with E-state index in [1.54, 1.807) is 12.1 Å². The zero-order chi connectivity index (χ0) is 23.3. The highest BCUT2D eigenvalue weighted by molar-refractivity contribution is 7.09. The second-order valence-corrected chi connectivity index (χ2v) is 9.14. The van der Waals surface area contributed by atoms with E-state index in [0.29, 0.717) is 13.0 Å². The first-order valence-corrected chi connectivity index (χ1v) is 12.2. The first-order valence-electron chi connectivity index (χ1n) is 11.5. The van der Waals surface area contributed by atoms with Crippen molar-refractivity contribution in [2.45, 2.75) is 6.42 Å². The number of aromatic nitrogens is 2. The van der Waals surface area contributed by atoms with Gasteiger partial charge in [-0.1, -0.05) is 48.5 Å². The van der Waals surface area contributed by atoms with Crippen molar-refractivity contribution in [1.82, 2.24) is 19.6 Å². The summed E-state index contributed by atoms with van der Waals surface area (Å²) in [4.78, 5) is 22.0. The number of amides is 1. The molecule has 1 aliphatic rings. The Labute approximate surface area is 202 Å². The summed E-state index contributed by atoms with van der Waals surface area (Å²) in [7, 11) is 0. The summed E-state index contributed by atoms with van der Waals surface area (Å²) in [6, 6.07) is 20.3. The molecule has 0 aliphatic carbocycles. The molecule has 3 aromatic carbocycles. The third-order valence-electron chi connectivity index (χ3n) is 6.12. The van der Waals surface area contributed by atoms with Gasteiger partial charge >= 0.3 is 0 Å². The zero-order valence-corrected chi connectivity index (χ0v) is 19.6. The molecular weight excluding hydrogens is 449 g/mol. The molecule has 0 spiro atoms. The van der Waals surface area contributed by atoms with Gasteiger partial charge < -0.3 is 10.2 Å². The molecule has 1 N–H and O–H groups in total. The van der Waals surface area contributed by atoms with Gasteiger partial charge in [-0.25, -0.2) is 9.37 Å². The Bertz CT molecular complexity index is 1260. The third kappa shape index (κ3) is 5.24.